The van der Waals surface area contributed by atoms with Crippen LogP contribution in [0.2, 0.25) is 0 Å². The molecule has 2 fully saturated rings. The molecule has 2 aromatic rings. The number of aromatic nitrogens is 1. The van der Waals surface area contributed by atoms with Gasteiger partial charge in [0.2, 0.25) is 5.91 Å². The van der Waals surface area contributed by atoms with Crippen molar-refractivity contribution in [3.63, 3.8) is 0 Å². The van der Waals surface area contributed by atoms with Crippen molar-refractivity contribution < 1.29 is 18.7 Å². The molecule has 4 heterocycles. The number of hydrogen-bond donors (Lipinski definition) is 1. The van der Waals surface area contributed by atoms with Crippen molar-refractivity contribution >= 4 is 22.9 Å². The van der Waals surface area contributed by atoms with Gasteiger partial charge in [0, 0.05) is 44.4 Å². The lowest BCUT2D eigenvalue weighted by atomic mass is 9.92. The van der Waals surface area contributed by atoms with Crippen molar-refractivity contribution in [3.8, 4) is 0 Å². The first-order chi connectivity index (χ1) is 17.0. The van der Waals surface area contributed by atoms with Crippen molar-refractivity contribution in [2.45, 2.75) is 83.3 Å². The Labute approximate surface area is 207 Å². The van der Waals surface area contributed by atoms with Crippen LogP contribution in [0.25, 0.3) is 11.1 Å². The highest BCUT2D eigenvalue weighted by Crippen LogP contribution is 2.34. The molecule has 1 atom stereocenters. The minimum Gasteiger partial charge on any atom is -0.460 e. The third-order valence-electron chi connectivity index (χ3n) is 8.13. The molecule has 2 amide bonds. The van der Waals surface area contributed by atoms with Crippen LogP contribution in [0.15, 0.2) is 16.5 Å². The molecule has 1 saturated carbocycles. The third kappa shape index (κ3) is 5.00. The van der Waals surface area contributed by atoms with Crippen molar-refractivity contribution in [1.82, 2.24) is 19.7 Å². The maximum atomic E-state index is 13.9. The van der Waals surface area contributed by atoms with Gasteiger partial charge < -0.3 is 23.9 Å². The number of amides is 2. The Hall–Kier alpha value is -2.32. The second-order valence-electron chi connectivity index (χ2n) is 10.8. The largest absolute Gasteiger partial charge is 0.460 e. The van der Waals surface area contributed by atoms with Gasteiger partial charge in [0.15, 0.2) is 5.58 Å². The van der Waals surface area contributed by atoms with Gasteiger partial charge in [-0.3, -0.25) is 14.5 Å². The number of morpholine rings is 1. The van der Waals surface area contributed by atoms with Crippen LogP contribution in [-0.4, -0.2) is 77.2 Å². The molecular weight excluding hydrogens is 444 g/mol. The Morgan fingerprint density at radius 3 is 2.54 bits per heavy atom. The van der Waals surface area contributed by atoms with Crippen molar-refractivity contribution in [1.29, 1.82) is 0 Å². The lowest BCUT2D eigenvalue weighted by Gasteiger charge is -2.45. The molecule has 3 aliphatic rings. The summed E-state index contributed by atoms with van der Waals surface area (Å²) >= 11 is 0. The molecule has 0 spiro atoms. The van der Waals surface area contributed by atoms with E-state index in [2.05, 4.69) is 10.2 Å². The molecule has 5 rings (SSSR count). The highest BCUT2D eigenvalue weighted by Gasteiger charge is 2.48. The number of nitrogens with one attached hydrogen (secondary N) is 1. The average Bonchev–Trinajstić information content (AvgIpc) is 3.35. The second kappa shape index (κ2) is 10.3. The fourth-order valence-electron chi connectivity index (χ4n) is 6.03. The minimum absolute atomic E-state index is 0.0319. The summed E-state index contributed by atoms with van der Waals surface area (Å²) in [7, 11) is 0. The lowest BCUT2D eigenvalue weighted by Crippen LogP contribution is -2.65. The van der Waals surface area contributed by atoms with Crippen LogP contribution < -0.4 is 5.32 Å². The maximum Gasteiger partial charge on any atom is 0.271 e. The number of furan rings is 1. The van der Waals surface area contributed by atoms with Gasteiger partial charge in [-0.05, 0) is 33.1 Å². The molecule has 8 nitrogen and oxygen atoms in total. The van der Waals surface area contributed by atoms with Gasteiger partial charge in [-0.15, -0.1) is 0 Å². The van der Waals surface area contributed by atoms with Crippen molar-refractivity contribution in [2.24, 2.45) is 0 Å². The molecule has 35 heavy (non-hydrogen) atoms. The van der Waals surface area contributed by atoms with Crippen molar-refractivity contribution in [3.05, 3.63) is 23.6 Å². The number of carbonyl (C=O) groups is 2. The van der Waals surface area contributed by atoms with E-state index in [1.54, 1.807) is 0 Å². The van der Waals surface area contributed by atoms with E-state index < -0.39 is 5.54 Å². The monoisotopic (exact) mass is 484 g/mol. The summed E-state index contributed by atoms with van der Waals surface area (Å²) in [6.45, 7) is 9.11. The van der Waals surface area contributed by atoms with E-state index in [-0.39, 0.29) is 17.9 Å². The number of aryl methyl sites for hydroxylation is 1. The number of nitrogens with zero attached hydrogens (tertiary/aromatic N) is 3. The standard InChI is InChI=1S/C27H40N4O4/c1-20-17-22-24(35-20)18-23-25(32)31(12-8-11-29-13-15-34-16-14-29)27(2,19-30(22)23)26(33)28-21-9-6-4-3-5-7-10-21/h17-18,21H,3-16,19H2,1-2H3,(H,28,33)/t27-/m0/s1. The number of ether oxygens (including phenoxy) is 1. The first-order valence-corrected chi connectivity index (χ1v) is 13.5. The molecule has 2 aromatic heterocycles. The quantitative estimate of drug-likeness (QED) is 0.676. The summed E-state index contributed by atoms with van der Waals surface area (Å²) in [5.41, 5.74) is 1.27. The summed E-state index contributed by atoms with van der Waals surface area (Å²) in [6, 6.07) is 3.99. The summed E-state index contributed by atoms with van der Waals surface area (Å²) in [5.74, 6) is 0.694. The first-order valence-electron chi connectivity index (χ1n) is 13.5. The number of hydrogen-bond acceptors (Lipinski definition) is 5. The molecule has 192 valence electrons. The van der Waals surface area contributed by atoms with E-state index in [9.17, 15) is 9.59 Å². The van der Waals surface area contributed by atoms with Crippen LogP contribution in [-0.2, 0) is 16.1 Å². The highest BCUT2D eigenvalue weighted by molar-refractivity contribution is 6.03. The van der Waals surface area contributed by atoms with Crippen LogP contribution >= 0.6 is 0 Å². The van der Waals surface area contributed by atoms with E-state index in [0.717, 1.165) is 76.2 Å². The molecule has 1 N–H and O–H groups in total. The molecule has 8 heteroatoms. The third-order valence-corrected chi connectivity index (χ3v) is 8.13. The normalized spacial score (nSPS) is 24.9. The Bertz CT molecular complexity index is 1050. The zero-order valence-corrected chi connectivity index (χ0v) is 21.3. The summed E-state index contributed by atoms with van der Waals surface area (Å²) in [5, 5.41) is 3.37. The van der Waals surface area contributed by atoms with Gasteiger partial charge in [0.1, 0.15) is 17.0 Å². The van der Waals surface area contributed by atoms with Crippen LogP contribution in [0.3, 0.4) is 0 Å². The highest BCUT2D eigenvalue weighted by atomic mass is 16.5. The average molecular weight is 485 g/mol. The maximum absolute atomic E-state index is 13.9. The van der Waals surface area contributed by atoms with Gasteiger partial charge >= 0.3 is 0 Å². The Morgan fingerprint density at radius 1 is 1.09 bits per heavy atom. The van der Waals surface area contributed by atoms with Gasteiger partial charge in [0.25, 0.3) is 5.91 Å². The lowest BCUT2D eigenvalue weighted by molar-refractivity contribution is -0.133. The zero-order valence-electron chi connectivity index (χ0n) is 21.3. The smallest absolute Gasteiger partial charge is 0.271 e. The minimum atomic E-state index is -0.950. The van der Waals surface area contributed by atoms with E-state index >= 15 is 0 Å². The topological polar surface area (TPSA) is 80.0 Å². The van der Waals surface area contributed by atoms with Gasteiger partial charge in [-0.2, -0.15) is 0 Å². The fourth-order valence-corrected chi connectivity index (χ4v) is 6.03. The Kier molecular flexibility index (Phi) is 7.21. The van der Waals surface area contributed by atoms with Crippen LogP contribution in [0.1, 0.15) is 74.5 Å². The Balaban J connectivity index is 1.38. The van der Waals surface area contributed by atoms with Crippen LogP contribution in [0, 0.1) is 6.92 Å². The number of carbonyl (C=O) groups excluding carboxylic acids is 2. The van der Waals surface area contributed by atoms with Crippen molar-refractivity contribution in [2.75, 3.05) is 39.4 Å². The van der Waals surface area contributed by atoms with Gasteiger partial charge in [-0.1, -0.05) is 32.1 Å². The summed E-state index contributed by atoms with van der Waals surface area (Å²) in [6.07, 6.45) is 8.94. The molecule has 1 saturated heterocycles. The van der Waals surface area contributed by atoms with Gasteiger partial charge in [-0.25, -0.2) is 0 Å². The summed E-state index contributed by atoms with van der Waals surface area (Å²) in [4.78, 5) is 31.9. The molecule has 0 radical (unpaired) electrons. The molecule has 0 bridgehead atoms. The zero-order chi connectivity index (χ0) is 24.4. The molecule has 0 aromatic carbocycles. The molecule has 1 aliphatic carbocycles. The van der Waals surface area contributed by atoms with Crippen LogP contribution in [0.5, 0.6) is 0 Å². The van der Waals surface area contributed by atoms with E-state index in [1.165, 1.54) is 19.3 Å². The fraction of sp³-hybridized carbons (Fsp3) is 0.704. The second-order valence-corrected chi connectivity index (χ2v) is 10.8. The van der Waals surface area contributed by atoms with Crippen LogP contribution in [0.4, 0.5) is 0 Å². The van der Waals surface area contributed by atoms with Gasteiger partial charge in [0.05, 0.1) is 25.3 Å². The molecular formula is C27H40N4O4. The van der Waals surface area contributed by atoms with E-state index in [0.29, 0.717) is 24.4 Å². The number of fused-ring (bicyclic) bond motifs is 3. The summed E-state index contributed by atoms with van der Waals surface area (Å²) < 4.78 is 13.3. The molecule has 0 unspecified atom stereocenters. The number of rotatable bonds is 6. The SMILES string of the molecule is Cc1cc2c(cc3n2C[C@@](C)(C(=O)NC2CCCCCCC2)N(CCCN2CCOCC2)C3=O)o1. The van der Waals surface area contributed by atoms with E-state index in [1.807, 2.05) is 35.4 Å². The van der Waals surface area contributed by atoms with E-state index in [4.69, 9.17) is 9.15 Å². The Morgan fingerprint density at radius 2 is 1.80 bits per heavy atom. The first kappa shape index (κ1) is 24.4. The molecule has 2 aliphatic heterocycles. The predicted octanol–water partition coefficient (Wildman–Crippen LogP) is 3.71. The predicted molar refractivity (Wildman–Crippen MR) is 135 cm³/mol.